The molecule has 1 heterocycles. The van der Waals surface area contributed by atoms with E-state index in [9.17, 15) is 9.59 Å². The highest BCUT2D eigenvalue weighted by atomic mass is 16.2. The molecule has 29 heavy (non-hydrogen) atoms. The third-order valence-electron chi connectivity index (χ3n) is 4.64. The lowest BCUT2D eigenvalue weighted by Crippen LogP contribution is -2.29. The molecule has 2 amide bonds. The van der Waals surface area contributed by atoms with Crippen LogP contribution < -0.4 is 10.2 Å². The first-order valence-corrected chi connectivity index (χ1v) is 9.74. The second-order valence-electron chi connectivity index (χ2n) is 6.79. The normalized spacial score (nSPS) is 10.4. The molecule has 5 nitrogen and oxygen atoms in total. The molecule has 0 fully saturated rings. The number of benzene rings is 2. The van der Waals surface area contributed by atoms with Gasteiger partial charge in [-0.1, -0.05) is 49.4 Å². The minimum absolute atomic E-state index is 0.0414. The molecule has 0 saturated carbocycles. The number of anilines is 1. The summed E-state index contributed by atoms with van der Waals surface area (Å²) < 4.78 is 0. The molecule has 0 aliphatic carbocycles. The van der Waals surface area contributed by atoms with Gasteiger partial charge >= 0.3 is 0 Å². The van der Waals surface area contributed by atoms with E-state index in [2.05, 4.69) is 10.3 Å². The summed E-state index contributed by atoms with van der Waals surface area (Å²) in [4.78, 5) is 30.4. The van der Waals surface area contributed by atoms with Crippen LogP contribution in [0.5, 0.6) is 0 Å². The summed E-state index contributed by atoms with van der Waals surface area (Å²) in [6, 6.07) is 21.3. The predicted molar refractivity (Wildman–Crippen MR) is 114 cm³/mol. The topological polar surface area (TPSA) is 62.3 Å². The first-order valence-electron chi connectivity index (χ1n) is 9.74. The van der Waals surface area contributed by atoms with Crippen LogP contribution in [0.15, 0.2) is 79.1 Å². The summed E-state index contributed by atoms with van der Waals surface area (Å²) in [5.74, 6) is 0.0250. The molecular formula is C24H25N3O2. The number of pyridine rings is 1. The van der Waals surface area contributed by atoms with E-state index in [4.69, 9.17) is 0 Å². The molecule has 1 aromatic heterocycles. The molecule has 0 spiro atoms. The van der Waals surface area contributed by atoms with E-state index < -0.39 is 0 Å². The van der Waals surface area contributed by atoms with Crippen molar-refractivity contribution in [2.24, 2.45) is 0 Å². The average Bonchev–Trinajstić information content (AvgIpc) is 2.77. The van der Waals surface area contributed by atoms with Crippen molar-refractivity contribution in [1.82, 2.24) is 10.3 Å². The zero-order valence-corrected chi connectivity index (χ0v) is 16.5. The summed E-state index contributed by atoms with van der Waals surface area (Å²) in [6.45, 7) is 2.87. The van der Waals surface area contributed by atoms with Crippen molar-refractivity contribution in [3.8, 4) is 0 Å². The quantitative estimate of drug-likeness (QED) is 0.638. The Morgan fingerprint density at radius 1 is 0.862 bits per heavy atom. The number of hydrogen-bond donors (Lipinski definition) is 1. The van der Waals surface area contributed by atoms with Gasteiger partial charge in [-0.05, 0) is 41.0 Å². The Morgan fingerprint density at radius 2 is 1.55 bits per heavy atom. The number of nitrogens with one attached hydrogen (secondary N) is 1. The Hall–Kier alpha value is -3.47. The first-order chi connectivity index (χ1) is 14.2. The number of hydrogen-bond acceptors (Lipinski definition) is 3. The highest BCUT2D eigenvalue weighted by Gasteiger charge is 2.15. The molecule has 3 aromatic rings. The van der Waals surface area contributed by atoms with Gasteiger partial charge in [0, 0.05) is 31.0 Å². The lowest BCUT2D eigenvalue weighted by atomic mass is 10.1. The van der Waals surface area contributed by atoms with Gasteiger partial charge in [-0.15, -0.1) is 0 Å². The fourth-order valence-electron chi connectivity index (χ4n) is 3.02. The molecule has 0 radical (unpaired) electrons. The lowest BCUT2D eigenvalue weighted by Gasteiger charge is -2.23. The number of amides is 2. The Kier molecular flexibility index (Phi) is 7.11. The molecule has 3 rings (SSSR count). The zero-order valence-electron chi connectivity index (χ0n) is 16.5. The van der Waals surface area contributed by atoms with Crippen LogP contribution in [0.3, 0.4) is 0 Å². The fraction of sp³-hybridized carbons (Fsp3) is 0.208. The van der Waals surface area contributed by atoms with Crippen molar-refractivity contribution in [2.75, 3.05) is 4.90 Å². The zero-order chi connectivity index (χ0) is 20.5. The van der Waals surface area contributed by atoms with E-state index in [0.29, 0.717) is 25.9 Å². The van der Waals surface area contributed by atoms with Gasteiger partial charge in [0.05, 0.1) is 13.0 Å². The first kappa shape index (κ1) is 20.3. The smallest absolute Gasteiger partial charge is 0.227 e. The number of carbonyl (C=O) groups is 2. The third kappa shape index (κ3) is 6.01. The van der Waals surface area contributed by atoms with Crippen molar-refractivity contribution < 1.29 is 9.59 Å². The molecular weight excluding hydrogens is 362 g/mol. The van der Waals surface area contributed by atoms with Gasteiger partial charge in [-0.3, -0.25) is 14.6 Å². The average molecular weight is 387 g/mol. The maximum atomic E-state index is 12.5. The summed E-state index contributed by atoms with van der Waals surface area (Å²) in [7, 11) is 0. The Labute approximate surface area is 171 Å². The van der Waals surface area contributed by atoms with Crippen LogP contribution in [0, 0.1) is 0 Å². The minimum Gasteiger partial charge on any atom is -0.352 e. The van der Waals surface area contributed by atoms with Gasteiger partial charge < -0.3 is 10.2 Å². The van der Waals surface area contributed by atoms with Crippen LogP contribution in [-0.2, 0) is 29.1 Å². The number of nitrogens with zero attached hydrogens (tertiary/aromatic N) is 2. The highest BCUT2D eigenvalue weighted by molar-refractivity contribution is 5.93. The van der Waals surface area contributed by atoms with Crippen LogP contribution in [0.25, 0.3) is 0 Å². The Morgan fingerprint density at radius 3 is 2.21 bits per heavy atom. The molecule has 0 atom stereocenters. The largest absolute Gasteiger partial charge is 0.352 e. The summed E-state index contributed by atoms with van der Waals surface area (Å²) in [5, 5.41) is 2.91. The van der Waals surface area contributed by atoms with Crippen LogP contribution in [0.2, 0.25) is 0 Å². The molecule has 0 unspecified atom stereocenters. The van der Waals surface area contributed by atoms with Crippen LogP contribution in [0.4, 0.5) is 5.69 Å². The molecule has 1 N–H and O–H groups in total. The molecule has 5 heteroatoms. The van der Waals surface area contributed by atoms with Crippen molar-refractivity contribution in [3.05, 3.63) is 95.8 Å². The van der Waals surface area contributed by atoms with E-state index in [0.717, 1.165) is 22.4 Å². The molecule has 0 aliphatic rings. The predicted octanol–water partition coefficient (Wildman–Crippen LogP) is 3.88. The van der Waals surface area contributed by atoms with Gasteiger partial charge in [-0.25, -0.2) is 0 Å². The minimum atomic E-state index is -0.0414. The van der Waals surface area contributed by atoms with E-state index in [-0.39, 0.29) is 11.8 Å². The van der Waals surface area contributed by atoms with Crippen molar-refractivity contribution in [2.45, 2.75) is 32.9 Å². The Bertz CT molecular complexity index is 925. The molecule has 0 aliphatic heterocycles. The molecule has 0 saturated heterocycles. The third-order valence-corrected chi connectivity index (χ3v) is 4.64. The SMILES string of the molecule is CCC(=O)N(Cc1ccccc1)c1ccc(CC(=O)NCc2ccncc2)cc1. The van der Waals surface area contributed by atoms with E-state index in [1.807, 2.05) is 73.7 Å². The second-order valence-corrected chi connectivity index (χ2v) is 6.79. The number of rotatable bonds is 8. The molecule has 148 valence electrons. The van der Waals surface area contributed by atoms with Crippen molar-refractivity contribution >= 4 is 17.5 Å². The highest BCUT2D eigenvalue weighted by Crippen LogP contribution is 2.20. The van der Waals surface area contributed by atoms with Gasteiger partial charge in [0.15, 0.2) is 0 Å². The van der Waals surface area contributed by atoms with E-state index in [1.165, 1.54) is 0 Å². The fourth-order valence-corrected chi connectivity index (χ4v) is 3.02. The standard InChI is InChI=1S/C24H25N3O2/c1-2-24(29)27(18-21-6-4-3-5-7-21)22-10-8-19(9-11-22)16-23(28)26-17-20-12-14-25-15-13-20/h3-15H,2,16-18H2,1H3,(H,26,28). The van der Waals surface area contributed by atoms with Crippen molar-refractivity contribution in [3.63, 3.8) is 0 Å². The van der Waals surface area contributed by atoms with E-state index >= 15 is 0 Å². The summed E-state index contributed by atoms with van der Waals surface area (Å²) in [5.41, 5.74) is 3.83. The monoisotopic (exact) mass is 387 g/mol. The van der Waals surface area contributed by atoms with Gasteiger partial charge in [0.2, 0.25) is 11.8 Å². The van der Waals surface area contributed by atoms with Crippen LogP contribution in [0.1, 0.15) is 30.0 Å². The van der Waals surface area contributed by atoms with Gasteiger partial charge in [-0.2, -0.15) is 0 Å². The number of aromatic nitrogens is 1. The van der Waals surface area contributed by atoms with E-state index in [1.54, 1.807) is 17.3 Å². The summed E-state index contributed by atoms with van der Waals surface area (Å²) >= 11 is 0. The van der Waals surface area contributed by atoms with Gasteiger partial charge in [0.1, 0.15) is 0 Å². The lowest BCUT2D eigenvalue weighted by molar-refractivity contribution is -0.120. The molecule has 0 bridgehead atoms. The maximum Gasteiger partial charge on any atom is 0.227 e. The summed E-state index contributed by atoms with van der Waals surface area (Å²) in [6.07, 6.45) is 4.15. The van der Waals surface area contributed by atoms with Crippen LogP contribution >= 0.6 is 0 Å². The van der Waals surface area contributed by atoms with Crippen molar-refractivity contribution in [1.29, 1.82) is 0 Å². The maximum absolute atomic E-state index is 12.5. The van der Waals surface area contributed by atoms with Crippen LogP contribution in [-0.4, -0.2) is 16.8 Å². The Balaban J connectivity index is 1.62. The van der Waals surface area contributed by atoms with Gasteiger partial charge in [0.25, 0.3) is 0 Å². The molecule has 2 aromatic carbocycles. The second kappa shape index (κ2) is 10.2. The number of carbonyl (C=O) groups excluding carboxylic acids is 2.